The summed E-state index contributed by atoms with van der Waals surface area (Å²) < 4.78 is 0. The molecular formula is C63H71N5O10Si2. The Labute approximate surface area is 470 Å². The number of ketones is 2. The molecule has 3 aliphatic heterocycles. The maximum Gasteiger partial charge on any atom is 0.333 e. The Hall–Kier alpha value is -8.29. The highest BCUT2D eigenvalue weighted by Gasteiger charge is 2.43. The van der Waals surface area contributed by atoms with E-state index < -0.39 is 39.9 Å². The molecule has 17 heteroatoms. The fraction of sp³-hybridized carbons (Fsp3) is 0.302. The van der Waals surface area contributed by atoms with E-state index in [0.717, 1.165) is 66.3 Å². The predicted molar refractivity (Wildman–Crippen MR) is 319 cm³/mol. The molecule has 0 aromatic heterocycles. The van der Waals surface area contributed by atoms with Gasteiger partial charge in [-0.3, -0.25) is 33.6 Å². The van der Waals surface area contributed by atoms with Crippen LogP contribution in [0.2, 0.25) is 26.2 Å². The molecule has 15 nitrogen and oxygen atoms in total. The van der Waals surface area contributed by atoms with Gasteiger partial charge in [-0.05, 0) is 139 Å². The third kappa shape index (κ3) is 11.8. The SMILES string of the molecule is C.CN(CCCC(=O)O)C(=O)c1ccccc1C1=C2C=CC(=O)C=C2[Si](C)(C)c2cc(N(C)C)ccc21.CN(CCCC(=O)ON1C(=O)CCC1=O)C(=O)c1ccccc1C1=C2C=CC(=O)C=C2[Si](C)(C)c2cc(N(C)C)ccc21. The number of carboxylic acid groups (broad SMARTS) is 1. The third-order valence-electron chi connectivity index (χ3n) is 15.3. The monoisotopic (exact) mass is 1110 g/mol. The second kappa shape index (κ2) is 24.0. The molecule has 4 aromatic rings. The molecule has 0 radical (unpaired) electrons. The maximum atomic E-state index is 13.8. The van der Waals surface area contributed by atoms with Gasteiger partial charge in [0.15, 0.2) is 11.6 Å². The van der Waals surface area contributed by atoms with Crippen molar-refractivity contribution >= 4 is 96.2 Å². The quantitative estimate of drug-likeness (QED) is 0.0892. The van der Waals surface area contributed by atoms with Gasteiger partial charge in [-0.25, -0.2) is 4.79 Å². The number of imide groups is 1. The summed E-state index contributed by atoms with van der Waals surface area (Å²) in [7, 11) is 6.94. The number of fused-ring (bicyclic) bond motifs is 4. The van der Waals surface area contributed by atoms with Crippen molar-refractivity contribution in [3.63, 3.8) is 0 Å². The molecule has 1 saturated heterocycles. The molecule has 2 aliphatic carbocycles. The van der Waals surface area contributed by atoms with Crippen molar-refractivity contribution in [2.45, 2.75) is 72.1 Å². The van der Waals surface area contributed by atoms with E-state index in [1.807, 2.05) is 82.8 Å². The lowest BCUT2D eigenvalue weighted by Crippen LogP contribution is -2.49. The van der Waals surface area contributed by atoms with Crippen molar-refractivity contribution < 1.29 is 48.3 Å². The number of amides is 4. The normalized spacial score (nSPS) is 16.2. The smallest absolute Gasteiger partial charge is 0.333 e. The molecule has 1 fully saturated rings. The Morgan fingerprint density at radius 2 is 0.950 bits per heavy atom. The molecule has 0 atom stereocenters. The molecule has 80 heavy (non-hydrogen) atoms. The molecule has 1 N–H and O–H groups in total. The number of aliphatic carboxylic acids is 1. The summed E-state index contributed by atoms with van der Waals surface area (Å²) in [4.78, 5) is 111. The number of benzene rings is 4. The molecule has 416 valence electrons. The fourth-order valence-electron chi connectivity index (χ4n) is 10.9. The van der Waals surface area contributed by atoms with Gasteiger partial charge in [0.05, 0.1) is 0 Å². The van der Waals surface area contributed by atoms with Gasteiger partial charge in [0.25, 0.3) is 23.6 Å². The van der Waals surface area contributed by atoms with Crippen molar-refractivity contribution in [2.24, 2.45) is 0 Å². The molecular weight excluding hydrogens is 1040 g/mol. The molecule has 4 aromatic carbocycles. The highest BCUT2D eigenvalue weighted by Crippen LogP contribution is 2.44. The van der Waals surface area contributed by atoms with Crippen molar-refractivity contribution in [1.82, 2.24) is 14.9 Å². The van der Waals surface area contributed by atoms with Crippen LogP contribution in [0.3, 0.4) is 0 Å². The highest BCUT2D eigenvalue weighted by atomic mass is 28.3. The van der Waals surface area contributed by atoms with Gasteiger partial charge in [-0.1, -0.05) is 94.3 Å². The zero-order valence-corrected chi connectivity index (χ0v) is 48.6. The summed E-state index contributed by atoms with van der Waals surface area (Å²) >= 11 is 0. The van der Waals surface area contributed by atoms with Crippen LogP contribution in [-0.4, -0.2) is 139 Å². The lowest BCUT2D eigenvalue weighted by molar-refractivity contribution is -0.197. The maximum absolute atomic E-state index is 13.8. The Bertz CT molecular complexity index is 3430. The topological polar surface area (TPSA) is 182 Å². The summed E-state index contributed by atoms with van der Waals surface area (Å²) in [6.07, 6.45) is 11.2. The number of allylic oxidation sites excluding steroid dienone is 10. The number of hydrogen-bond acceptors (Lipinski definition) is 11. The van der Waals surface area contributed by atoms with Crippen molar-refractivity contribution in [1.29, 1.82) is 0 Å². The van der Waals surface area contributed by atoms with Crippen molar-refractivity contribution in [2.75, 3.05) is 65.2 Å². The van der Waals surface area contributed by atoms with Gasteiger partial charge in [0.2, 0.25) is 0 Å². The molecule has 5 aliphatic rings. The number of anilines is 2. The van der Waals surface area contributed by atoms with Crippen LogP contribution in [0, 0.1) is 0 Å². The fourth-order valence-corrected chi connectivity index (χ4v) is 17.0. The van der Waals surface area contributed by atoms with Crippen LogP contribution in [0.15, 0.2) is 143 Å². The lowest BCUT2D eigenvalue weighted by Gasteiger charge is -2.38. The van der Waals surface area contributed by atoms with E-state index in [2.05, 4.69) is 72.4 Å². The minimum Gasteiger partial charge on any atom is -0.481 e. The third-order valence-corrected chi connectivity index (χ3v) is 22.3. The second-order valence-corrected chi connectivity index (χ2v) is 30.5. The number of hydrogen-bond donors (Lipinski definition) is 1. The van der Waals surface area contributed by atoms with Gasteiger partial charge >= 0.3 is 11.9 Å². The van der Waals surface area contributed by atoms with Gasteiger partial charge in [0.1, 0.15) is 16.1 Å². The molecule has 0 unspecified atom stereocenters. The lowest BCUT2D eigenvalue weighted by atomic mass is 9.87. The van der Waals surface area contributed by atoms with E-state index in [4.69, 9.17) is 9.94 Å². The van der Waals surface area contributed by atoms with Crippen LogP contribution < -0.4 is 20.2 Å². The summed E-state index contributed by atoms with van der Waals surface area (Å²) in [5, 5.41) is 14.1. The summed E-state index contributed by atoms with van der Waals surface area (Å²) in [6.45, 7) is 9.67. The number of carbonyl (C=O) groups excluding carboxylic acids is 7. The van der Waals surface area contributed by atoms with Crippen LogP contribution >= 0.6 is 0 Å². The van der Waals surface area contributed by atoms with E-state index in [1.54, 1.807) is 54.3 Å². The predicted octanol–water partition coefficient (Wildman–Crippen LogP) is 8.21. The second-order valence-electron chi connectivity index (χ2n) is 21.9. The molecule has 0 spiro atoms. The molecule has 0 bridgehead atoms. The Kier molecular flexibility index (Phi) is 17.8. The van der Waals surface area contributed by atoms with E-state index in [1.165, 1.54) is 10.4 Å². The van der Waals surface area contributed by atoms with Crippen LogP contribution in [0.1, 0.15) is 88.9 Å². The largest absolute Gasteiger partial charge is 0.481 e. The first-order valence-corrected chi connectivity index (χ1v) is 32.4. The van der Waals surface area contributed by atoms with E-state index in [-0.39, 0.29) is 63.0 Å². The standard InChI is InChI=1S/C33H35N3O6Si.C29H32N2O4Si.CH4/c1-34(2)21-12-14-25-27(19-21)43(4,5)28-20-22(37)13-15-26(28)32(25)23-9-6-7-10-24(23)33(41)35(3)18-8-11-31(40)42-36-29(38)16-17-30(36)39;1-30(2)19-12-14-23-25(17-19)36(4,5)26-18-20(32)13-15-24(26)28(23)21-9-6-7-10-22(21)29(35)31(3)16-8-11-27(33)34;/h6-7,9-10,12-15,19-20H,8,11,16-18H2,1-5H3;6-7,9-10,12-15,17-18H,8,11,16H2,1-5H3,(H,33,34);1H4. The number of carboxylic acids is 1. The number of hydroxylamine groups is 2. The van der Waals surface area contributed by atoms with Gasteiger partial charge in [0, 0.05) is 104 Å². The highest BCUT2D eigenvalue weighted by molar-refractivity contribution is 6.98. The average molecular weight is 1110 g/mol. The van der Waals surface area contributed by atoms with E-state index in [0.29, 0.717) is 35.6 Å². The zero-order chi connectivity index (χ0) is 57.2. The Morgan fingerprint density at radius 3 is 1.35 bits per heavy atom. The van der Waals surface area contributed by atoms with Crippen molar-refractivity contribution in [3.8, 4) is 0 Å². The molecule has 0 saturated carbocycles. The van der Waals surface area contributed by atoms with Crippen LogP contribution in [0.5, 0.6) is 0 Å². The Balaban J connectivity index is 0.000000232. The van der Waals surface area contributed by atoms with Gasteiger partial charge in [-0.15, -0.1) is 5.06 Å². The number of carbonyl (C=O) groups is 8. The summed E-state index contributed by atoms with van der Waals surface area (Å²) in [5.74, 6) is -3.03. The van der Waals surface area contributed by atoms with E-state index in [9.17, 15) is 38.4 Å². The Morgan fingerprint density at radius 1 is 0.550 bits per heavy atom. The molecule has 4 amide bonds. The first-order chi connectivity index (χ1) is 37.4. The molecule has 3 heterocycles. The average Bonchev–Trinajstić information content (AvgIpc) is 3.51. The minimum atomic E-state index is -2.26. The minimum absolute atomic E-state index is 0. The number of rotatable bonds is 15. The number of nitrogens with zero attached hydrogens (tertiary/aromatic N) is 5. The van der Waals surface area contributed by atoms with E-state index >= 15 is 0 Å². The zero-order valence-electron chi connectivity index (χ0n) is 46.6. The van der Waals surface area contributed by atoms with Crippen LogP contribution in [0.25, 0.3) is 11.1 Å². The van der Waals surface area contributed by atoms with Crippen LogP contribution in [0.4, 0.5) is 11.4 Å². The first kappa shape index (κ1) is 59.4. The first-order valence-electron chi connectivity index (χ1n) is 26.4. The molecule has 9 rings (SSSR count). The van der Waals surface area contributed by atoms with Gasteiger partial charge < -0.3 is 29.5 Å². The summed E-state index contributed by atoms with van der Waals surface area (Å²) in [6, 6.07) is 27.9. The van der Waals surface area contributed by atoms with Crippen LogP contribution in [-0.2, 0) is 33.6 Å². The van der Waals surface area contributed by atoms with Crippen molar-refractivity contribution in [3.05, 3.63) is 176 Å². The summed E-state index contributed by atoms with van der Waals surface area (Å²) in [5.41, 5.74) is 10.8. The van der Waals surface area contributed by atoms with Gasteiger partial charge in [-0.2, -0.15) is 0 Å².